The summed E-state index contributed by atoms with van der Waals surface area (Å²) in [5.41, 5.74) is 5.35. The number of unbranched alkanes of at least 4 members (excludes halogenated alkanes) is 17. The van der Waals surface area contributed by atoms with Gasteiger partial charge in [-0.15, -0.1) is 0 Å². The molecule has 0 radical (unpaired) electrons. The van der Waals surface area contributed by atoms with Crippen molar-refractivity contribution in [2.45, 2.75) is 187 Å². The predicted molar refractivity (Wildman–Crippen MR) is 231 cm³/mol. The lowest BCUT2D eigenvalue weighted by Gasteiger charge is -2.20. The van der Waals surface area contributed by atoms with E-state index in [1.165, 1.54) is 70.6 Å². The van der Waals surface area contributed by atoms with E-state index in [0.717, 1.165) is 77.0 Å². The van der Waals surface area contributed by atoms with Gasteiger partial charge in [0.1, 0.15) is 12.1 Å². The molecule has 3 unspecified atom stereocenters. The molecule has 324 valence electrons. The molecule has 3 atom stereocenters. The fourth-order valence-corrected chi connectivity index (χ4v) is 6.43. The van der Waals surface area contributed by atoms with Gasteiger partial charge >= 0.3 is 19.8 Å². The number of hydrogen-bond donors (Lipinski definition) is 3. The van der Waals surface area contributed by atoms with Crippen molar-refractivity contribution in [2.75, 3.05) is 26.4 Å². The third-order valence-electron chi connectivity index (χ3n) is 9.03. The summed E-state index contributed by atoms with van der Waals surface area (Å²) in [7, 11) is -4.62. The molecular weight excluding hydrogens is 729 g/mol. The second kappa shape index (κ2) is 40.9. The topological polar surface area (TPSA) is 155 Å². The normalized spacial score (nSPS) is 14.5. The van der Waals surface area contributed by atoms with E-state index < -0.39 is 45.1 Å². The van der Waals surface area contributed by atoms with Crippen LogP contribution in [0.2, 0.25) is 0 Å². The third kappa shape index (κ3) is 39.9. The second-order valence-electron chi connectivity index (χ2n) is 14.4. The average Bonchev–Trinajstić information content (AvgIpc) is 3.18. The van der Waals surface area contributed by atoms with Crippen molar-refractivity contribution in [3.05, 3.63) is 60.8 Å². The lowest BCUT2D eigenvalue weighted by Crippen LogP contribution is -2.34. The summed E-state index contributed by atoms with van der Waals surface area (Å²) in [6, 6.07) is -1.48. The lowest BCUT2D eigenvalue weighted by atomic mass is 10.1. The van der Waals surface area contributed by atoms with Crippen LogP contribution in [0.1, 0.15) is 174 Å². The van der Waals surface area contributed by atoms with E-state index in [0.29, 0.717) is 13.0 Å². The van der Waals surface area contributed by atoms with Crippen LogP contribution in [0.25, 0.3) is 0 Å². The molecule has 0 bridgehead atoms. The van der Waals surface area contributed by atoms with Gasteiger partial charge in [0, 0.05) is 13.0 Å². The molecule has 10 nitrogen and oxygen atoms in total. The van der Waals surface area contributed by atoms with Gasteiger partial charge in [0.2, 0.25) is 0 Å². The fraction of sp³-hybridized carbons (Fsp3) is 0.733. The molecule has 0 spiro atoms. The second-order valence-corrected chi connectivity index (χ2v) is 15.9. The number of nitrogens with two attached hydrogens (primary N) is 1. The molecule has 56 heavy (non-hydrogen) atoms. The fourth-order valence-electron chi connectivity index (χ4n) is 5.65. The molecule has 4 N–H and O–H groups in total. The predicted octanol–water partition coefficient (Wildman–Crippen LogP) is 12.0. The van der Waals surface area contributed by atoms with Gasteiger partial charge in [-0.2, -0.15) is 0 Å². The molecule has 0 saturated carbocycles. The van der Waals surface area contributed by atoms with E-state index in [2.05, 4.69) is 74.6 Å². The van der Waals surface area contributed by atoms with Gasteiger partial charge in [-0.05, 0) is 77.0 Å². The zero-order valence-electron chi connectivity index (χ0n) is 35.2. The highest BCUT2D eigenvalue weighted by Gasteiger charge is 2.27. The van der Waals surface area contributed by atoms with Gasteiger partial charge in [0.25, 0.3) is 0 Å². The molecule has 11 heteroatoms. The maximum absolute atomic E-state index is 12.6. The van der Waals surface area contributed by atoms with Gasteiger partial charge < -0.3 is 25.2 Å². The highest BCUT2D eigenvalue weighted by Crippen LogP contribution is 2.43. The van der Waals surface area contributed by atoms with Crippen molar-refractivity contribution < 1.29 is 42.7 Å². The van der Waals surface area contributed by atoms with Crippen LogP contribution in [0, 0.1) is 0 Å². The maximum Gasteiger partial charge on any atom is 0.472 e. The standard InChI is InChI=1S/C45H80NO9P/c1-3-5-7-9-11-13-15-17-18-19-20-21-22-23-24-25-27-29-31-33-35-37-44(47)55-42(40-53-56(50,51)54-41-43(46)45(48)49)39-52-38-36-34-32-30-28-26-16-14-12-10-8-6-4-2/h5,7,11-14,17-18,20-21,42-43H,3-4,6,8-10,15-16,19,22-41,46H2,1-2H3,(H,48,49)(H,50,51)/b7-5-,13-11-,14-12-,18-17-,21-20-. The molecule has 0 rings (SSSR count). The van der Waals surface area contributed by atoms with E-state index in [1.807, 2.05) is 0 Å². The number of carboxylic acids is 1. The first-order chi connectivity index (χ1) is 27.2. The number of aliphatic carboxylic acids is 1. The average molecular weight is 810 g/mol. The zero-order chi connectivity index (χ0) is 41.2. The molecular formula is C45H80NO9P. The first-order valence-corrected chi connectivity index (χ1v) is 23.3. The molecule has 0 fully saturated rings. The molecule has 0 aromatic carbocycles. The molecule has 0 aliphatic heterocycles. The van der Waals surface area contributed by atoms with Crippen LogP contribution in [0.3, 0.4) is 0 Å². The monoisotopic (exact) mass is 810 g/mol. The summed E-state index contributed by atoms with van der Waals surface area (Å²) >= 11 is 0. The van der Waals surface area contributed by atoms with Gasteiger partial charge in [-0.1, -0.05) is 152 Å². The van der Waals surface area contributed by atoms with Crippen molar-refractivity contribution in [2.24, 2.45) is 5.73 Å². The number of rotatable bonds is 41. The SMILES string of the molecule is CC/C=C\C/C=C\C/C=C\C/C=C\CCCCCCCCCCC(=O)OC(COCCCCCCCC/C=C\CCCCC)COP(=O)(O)OCC(N)C(=O)O. The molecule has 0 aliphatic rings. The van der Waals surface area contributed by atoms with Crippen molar-refractivity contribution in [3.8, 4) is 0 Å². The highest BCUT2D eigenvalue weighted by molar-refractivity contribution is 7.47. The Morgan fingerprint density at radius 1 is 0.589 bits per heavy atom. The van der Waals surface area contributed by atoms with Crippen LogP contribution in [-0.2, 0) is 32.7 Å². The number of ether oxygens (including phenoxy) is 2. The van der Waals surface area contributed by atoms with Crippen LogP contribution < -0.4 is 5.73 Å². The Bertz CT molecular complexity index is 1120. The summed E-state index contributed by atoms with van der Waals surface area (Å²) in [5, 5.41) is 8.89. The van der Waals surface area contributed by atoms with Crippen LogP contribution in [0.4, 0.5) is 0 Å². The van der Waals surface area contributed by atoms with E-state index in [1.54, 1.807) is 0 Å². The van der Waals surface area contributed by atoms with Crippen LogP contribution in [-0.4, -0.2) is 60.5 Å². The third-order valence-corrected chi connectivity index (χ3v) is 9.98. The molecule has 0 heterocycles. The number of allylic oxidation sites excluding steroid dienone is 10. The largest absolute Gasteiger partial charge is 0.480 e. The first kappa shape index (κ1) is 53.7. The highest BCUT2D eigenvalue weighted by atomic mass is 31.2. The van der Waals surface area contributed by atoms with Gasteiger partial charge in [-0.3, -0.25) is 18.6 Å². The summed E-state index contributed by atoms with van der Waals surface area (Å²) in [6.07, 6.45) is 48.4. The van der Waals surface area contributed by atoms with Crippen molar-refractivity contribution in [3.63, 3.8) is 0 Å². The Kier molecular flexibility index (Phi) is 39.2. The number of carbonyl (C=O) groups excluding carboxylic acids is 1. The van der Waals surface area contributed by atoms with Crippen LogP contribution >= 0.6 is 7.82 Å². The number of phosphoric ester groups is 1. The smallest absolute Gasteiger partial charge is 0.472 e. The molecule has 0 amide bonds. The van der Waals surface area contributed by atoms with Crippen molar-refractivity contribution in [1.29, 1.82) is 0 Å². The lowest BCUT2D eigenvalue weighted by molar-refractivity contribution is -0.154. The Balaban J connectivity index is 4.24. The van der Waals surface area contributed by atoms with E-state index in [4.69, 9.17) is 29.4 Å². The van der Waals surface area contributed by atoms with E-state index in [9.17, 15) is 19.0 Å². The minimum absolute atomic E-state index is 0.00720. The molecule has 0 saturated heterocycles. The zero-order valence-corrected chi connectivity index (χ0v) is 36.1. The Labute approximate surface area is 341 Å². The minimum Gasteiger partial charge on any atom is -0.480 e. The Morgan fingerprint density at radius 3 is 1.57 bits per heavy atom. The van der Waals surface area contributed by atoms with Gasteiger partial charge in [-0.25, -0.2) is 4.57 Å². The van der Waals surface area contributed by atoms with Gasteiger partial charge in [0.15, 0.2) is 0 Å². The summed E-state index contributed by atoms with van der Waals surface area (Å²) < 4.78 is 33.3. The van der Waals surface area contributed by atoms with Crippen LogP contribution in [0.15, 0.2) is 60.8 Å². The Morgan fingerprint density at radius 2 is 1.04 bits per heavy atom. The number of carboxylic acid groups (broad SMARTS) is 1. The molecule has 0 aromatic heterocycles. The van der Waals surface area contributed by atoms with Crippen molar-refractivity contribution in [1.82, 2.24) is 0 Å². The van der Waals surface area contributed by atoms with E-state index in [-0.39, 0.29) is 13.0 Å². The molecule has 0 aromatic rings. The minimum atomic E-state index is -4.62. The van der Waals surface area contributed by atoms with E-state index >= 15 is 0 Å². The quantitative estimate of drug-likeness (QED) is 0.0235. The molecule has 0 aliphatic carbocycles. The Hall–Kier alpha value is -2.33. The summed E-state index contributed by atoms with van der Waals surface area (Å²) in [6.45, 7) is 3.71. The van der Waals surface area contributed by atoms with Crippen molar-refractivity contribution >= 4 is 19.8 Å². The number of carbonyl (C=O) groups is 2. The number of phosphoric acid groups is 1. The maximum atomic E-state index is 12.6. The van der Waals surface area contributed by atoms with Crippen LogP contribution in [0.5, 0.6) is 0 Å². The summed E-state index contributed by atoms with van der Waals surface area (Å²) in [4.78, 5) is 33.5. The first-order valence-electron chi connectivity index (χ1n) is 21.8. The number of esters is 1. The van der Waals surface area contributed by atoms with Gasteiger partial charge in [0.05, 0.1) is 19.8 Å². The summed E-state index contributed by atoms with van der Waals surface area (Å²) in [5.74, 6) is -1.79. The number of hydrogen-bond acceptors (Lipinski definition) is 8.